The van der Waals surface area contributed by atoms with Crippen molar-refractivity contribution in [3.63, 3.8) is 0 Å². The van der Waals surface area contributed by atoms with Gasteiger partial charge in [-0.3, -0.25) is 9.78 Å². The minimum Gasteiger partial charge on any atom is -0.448 e. The maximum Gasteiger partial charge on any atom is 0.359 e. The fourth-order valence-electron chi connectivity index (χ4n) is 2.30. The Kier molecular flexibility index (Phi) is 6.06. The van der Waals surface area contributed by atoms with E-state index in [4.69, 9.17) is 4.74 Å². The topological polar surface area (TPSA) is 81.2 Å². The molecule has 118 valence electrons. The Bertz CT molecular complexity index is 543. The number of esters is 1. The van der Waals surface area contributed by atoms with Gasteiger partial charge in [-0.1, -0.05) is 11.6 Å². The second kappa shape index (κ2) is 8.26. The summed E-state index contributed by atoms with van der Waals surface area (Å²) < 4.78 is 5.07. The van der Waals surface area contributed by atoms with E-state index >= 15 is 0 Å². The summed E-state index contributed by atoms with van der Waals surface area (Å²) in [4.78, 5) is 31.3. The predicted molar refractivity (Wildman–Crippen MR) is 81.1 cm³/mol. The molecular weight excluding hydrogens is 282 g/mol. The number of rotatable bonds is 6. The average Bonchev–Trinajstić information content (AvgIpc) is 2.56. The third kappa shape index (κ3) is 4.95. The molecule has 0 fully saturated rings. The van der Waals surface area contributed by atoms with Crippen LogP contribution in [0.1, 0.15) is 49.5 Å². The van der Waals surface area contributed by atoms with Crippen LogP contribution in [0.3, 0.4) is 0 Å². The Morgan fingerprint density at radius 1 is 1.36 bits per heavy atom. The van der Waals surface area contributed by atoms with Crippen molar-refractivity contribution in [2.24, 2.45) is 0 Å². The zero-order chi connectivity index (χ0) is 15.8. The van der Waals surface area contributed by atoms with E-state index in [0.29, 0.717) is 6.54 Å². The molecular formula is C16H21N3O3. The van der Waals surface area contributed by atoms with E-state index in [0.717, 1.165) is 19.3 Å². The molecule has 6 heteroatoms. The number of amides is 1. The summed E-state index contributed by atoms with van der Waals surface area (Å²) >= 11 is 0. The Morgan fingerprint density at radius 3 is 2.91 bits per heavy atom. The first-order chi connectivity index (χ1) is 10.7. The first kappa shape index (κ1) is 16.1. The second-order valence-corrected chi connectivity index (χ2v) is 5.29. The normalized spacial score (nSPS) is 15.6. The number of ether oxygens (including phenoxy) is 1. The number of aromatic nitrogens is 2. The fraction of sp³-hybridized carbons (Fsp3) is 0.500. The number of nitrogens with one attached hydrogen (secondary N) is 1. The molecule has 1 N–H and O–H groups in total. The standard InChI is InChI=1S/C16H21N3O3/c1-12(22-16(21)14-11-17-9-10-18-14)15(20)19-8-7-13-5-3-2-4-6-13/h5,9-12H,2-4,6-8H2,1H3,(H,19,20)/t12-/m1/s1. The van der Waals surface area contributed by atoms with E-state index in [9.17, 15) is 9.59 Å². The van der Waals surface area contributed by atoms with Crippen molar-refractivity contribution in [3.05, 3.63) is 35.9 Å². The summed E-state index contributed by atoms with van der Waals surface area (Å²) in [6, 6.07) is 0. The van der Waals surface area contributed by atoms with E-state index in [-0.39, 0.29) is 11.6 Å². The van der Waals surface area contributed by atoms with Crippen LogP contribution < -0.4 is 5.32 Å². The van der Waals surface area contributed by atoms with Gasteiger partial charge in [0.1, 0.15) is 0 Å². The summed E-state index contributed by atoms with van der Waals surface area (Å²) in [5.41, 5.74) is 1.49. The van der Waals surface area contributed by atoms with E-state index in [1.165, 1.54) is 37.0 Å². The summed E-state index contributed by atoms with van der Waals surface area (Å²) in [6.07, 6.45) is 11.2. The van der Waals surface area contributed by atoms with Gasteiger partial charge in [0.25, 0.3) is 5.91 Å². The highest BCUT2D eigenvalue weighted by Crippen LogP contribution is 2.19. The highest BCUT2D eigenvalue weighted by Gasteiger charge is 2.19. The van der Waals surface area contributed by atoms with Crippen molar-refractivity contribution in [1.29, 1.82) is 0 Å². The fourth-order valence-corrected chi connectivity index (χ4v) is 2.30. The van der Waals surface area contributed by atoms with Gasteiger partial charge in [-0.25, -0.2) is 9.78 Å². The molecule has 1 atom stereocenters. The van der Waals surface area contributed by atoms with Crippen molar-refractivity contribution in [1.82, 2.24) is 15.3 Å². The highest BCUT2D eigenvalue weighted by atomic mass is 16.5. The van der Waals surface area contributed by atoms with E-state index in [1.54, 1.807) is 6.92 Å². The van der Waals surface area contributed by atoms with Gasteiger partial charge in [0.05, 0.1) is 6.20 Å². The molecule has 0 aliphatic heterocycles. The second-order valence-electron chi connectivity index (χ2n) is 5.29. The monoisotopic (exact) mass is 303 g/mol. The van der Waals surface area contributed by atoms with Crippen molar-refractivity contribution in [3.8, 4) is 0 Å². The maximum atomic E-state index is 11.9. The van der Waals surface area contributed by atoms with Crippen LogP contribution >= 0.6 is 0 Å². The molecule has 1 aromatic rings. The van der Waals surface area contributed by atoms with Crippen LogP contribution in [0, 0.1) is 0 Å². The third-order valence-electron chi connectivity index (χ3n) is 3.56. The highest BCUT2D eigenvalue weighted by molar-refractivity contribution is 5.90. The Labute approximate surface area is 130 Å². The van der Waals surface area contributed by atoms with Crippen molar-refractivity contribution in [2.75, 3.05) is 6.54 Å². The number of allylic oxidation sites excluding steroid dienone is 1. The molecule has 0 saturated carbocycles. The molecule has 0 bridgehead atoms. The predicted octanol–water partition coefficient (Wildman–Crippen LogP) is 2.03. The first-order valence-corrected chi connectivity index (χ1v) is 7.59. The van der Waals surface area contributed by atoms with Gasteiger partial charge in [0, 0.05) is 18.9 Å². The van der Waals surface area contributed by atoms with Gasteiger partial charge in [-0.2, -0.15) is 0 Å². The molecule has 1 aliphatic rings. The van der Waals surface area contributed by atoms with Crippen LogP contribution in [-0.2, 0) is 9.53 Å². The summed E-state index contributed by atoms with van der Waals surface area (Å²) in [5.74, 6) is -0.945. The quantitative estimate of drug-likeness (QED) is 0.642. The SMILES string of the molecule is C[C@@H](OC(=O)c1cnccn1)C(=O)NCCC1=CCCCC1. The Morgan fingerprint density at radius 2 is 2.23 bits per heavy atom. The molecule has 0 radical (unpaired) electrons. The van der Waals surface area contributed by atoms with Crippen molar-refractivity contribution < 1.29 is 14.3 Å². The average molecular weight is 303 g/mol. The lowest BCUT2D eigenvalue weighted by atomic mass is 9.97. The van der Waals surface area contributed by atoms with Crippen LogP contribution in [0.5, 0.6) is 0 Å². The van der Waals surface area contributed by atoms with Crippen LogP contribution in [0.4, 0.5) is 0 Å². The smallest absolute Gasteiger partial charge is 0.359 e. The van der Waals surface area contributed by atoms with E-state index in [1.807, 2.05) is 0 Å². The lowest BCUT2D eigenvalue weighted by Gasteiger charge is -2.15. The van der Waals surface area contributed by atoms with Gasteiger partial charge in [-0.15, -0.1) is 0 Å². The van der Waals surface area contributed by atoms with Crippen LogP contribution in [-0.4, -0.2) is 34.5 Å². The molecule has 2 rings (SSSR count). The van der Waals surface area contributed by atoms with Crippen molar-refractivity contribution in [2.45, 2.75) is 45.1 Å². The first-order valence-electron chi connectivity index (χ1n) is 7.59. The van der Waals surface area contributed by atoms with Crippen molar-refractivity contribution >= 4 is 11.9 Å². The lowest BCUT2D eigenvalue weighted by molar-refractivity contribution is -0.129. The zero-order valence-electron chi connectivity index (χ0n) is 12.7. The third-order valence-corrected chi connectivity index (χ3v) is 3.56. The summed E-state index contributed by atoms with van der Waals surface area (Å²) in [5, 5.41) is 2.79. The maximum absolute atomic E-state index is 11.9. The summed E-state index contributed by atoms with van der Waals surface area (Å²) in [6.45, 7) is 2.11. The Hall–Kier alpha value is -2.24. The Balaban J connectivity index is 1.72. The van der Waals surface area contributed by atoms with Gasteiger partial charge < -0.3 is 10.1 Å². The van der Waals surface area contributed by atoms with Crippen LogP contribution in [0.15, 0.2) is 30.2 Å². The molecule has 1 heterocycles. The molecule has 0 unspecified atom stereocenters. The minimum atomic E-state index is -0.852. The summed E-state index contributed by atoms with van der Waals surface area (Å²) in [7, 11) is 0. The molecule has 0 saturated heterocycles. The molecule has 22 heavy (non-hydrogen) atoms. The molecule has 6 nitrogen and oxygen atoms in total. The number of nitrogens with zero attached hydrogens (tertiary/aromatic N) is 2. The van der Waals surface area contributed by atoms with Gasteiger partial charge >= 0.3 is 5.97 Å². The van der Waals surface area contributed by atoms with Gasteiger partial charge in [-0.05, 0) is 39.0 Å². The minimum absolute atomic E-state index is 0.0921. The molecule has 1 aromatic heterocycles. The number of carbonyl (C=O) groups is 2. The van der Waals surface area contributed by atoms with E-state index in [2.05, 4.69) is 21.4 Å². The number of carbonyl (C=O) groups excluding carboxylic acids is 2. The van der Waals surface area contributed by atoms with Crippen LogP contribution in [0.25, 0.3) is 0 Å². The lowest BCUT2D eigenvalue weighted by Crippen LogP contribution is -2.36. The van der Waals surface area contributed by atoms with E-state index < -0.39 is 12.1 Å². The molecule has 0 aromatic carbocycles. The molecule has 0 spiro atoms. The largest absolute Gasteiger partial charge is 0.448 e. The number of hydrogen-bond donors (Lipinski definition) is 1. The molecule has 1 aliphatic carbocycles. The van der Waals surface area contributed by atoms with Gasteiger partial charge in [0.2, 0.25) is 0 Å². The van der Waals surface area contributed by atoms with Crippen LogP contribution in [0.2, 0.25) is 0 Å². The zero-order valence-corrected chi connectivity index (χ0v) is 12.7. The molecule has 1 amide bonds. The number of hydrogen-bond acceptors (Lipinski definition) is 5. The van der Waals surface area contributed by atoms with Gasteiger partial charge in [0.15, 0.2) is 11.8 Å².